The zero-order chi connectivity index (χ0) is 8.27. The van der Waals surface area contributed by atoms with Crippen molar-refractivity contribution in [3.05, 3.63) is 12.2 Å². The summed E-state index contributed by atoms with van der Waals surface area (Å²) < 4.78 is 4.61. The quantitative estimate of drug-likeness (QED) is 0.495. The highest BCUT2D eigenvalue weighted by atomic mass is 35.5. The van der Waals surface area contributed by atoms with Crippen LogP contribution in [-0.2, 0) is 9.53 Å². The van der Waals surface area contributed by atoms with Crippen molar-refractivity contribution in [2.45, 2.75) is 18.9 Å². The molecule has 0 aliphatic heterocycles. The molecule has 0 aromatic carbocycles. The lowest BCUT2D eigenvalue weighted by Crippen LogP contribution is -2.28. The number of rotatable bonds is 1. The van der Waals surface area contributed by atoms with Gasteiger partial charge in [-0.2, -0.15) is 0 Å². The van der Waals surface area contributed by atoms with E-state index >= 15 is 0 Å². The van der Waals surface area contributed by atoms with Gasteiger partial charge >= 0.3 is 5.97 Å². The van der Waals surface area contributed by atoms with E-state index in [2.05, 4.69) is 4.74 Å². The third-order valence-electron chi connectivity index (χ3n) is 1.90. The zero-order valence-corrected chi connectivity index (χ0v) is 7.84. The first-order chi connectivity index (χ1) is 5.24. The second-order valence-corrected chi connectivity index (χ2v) is 2.78. The number of carbonyl (C=O) groups is 1. The maximum absolute atomic E-state index is 11.0. The fourth-order valence-electron chi connectivity index (χ4n) is 1.28. The molecule has 12 heavy (non-hydrogen) atoms. The largest absolute Gasteiger partial charge is 0.469 e. The van der Waals surface area contributed by atoms with Crippen LogP contribution < -0.4 is 5.73 Å². The van der Waals surface area contributed by atoms with Gasteiger partial charge in [0.25, 0.3) is 0 Å². The van der Waals surface area contributed by atoms with Gasteiger partial charge in [-0.1, -0.05) is 12.2 Å². The Morgan fingerprint density at radius 1 is 1.67 bits per heavy atom. The van der Waals surface area contributed by atoms with Gasteiger partial charge in [0, 0.05) is 6.04 Å². The topological polar surface area (TPSA) is 52.3 Å². The summed E-state index contributed by atoms with van der Waals surface area (Å²) >= 11 is 0. The maximum atomic E-state index is 11.0. The maximum Gasteiger partial charge on any atom is 0.309 e. The van der Waals surface area contributed by atoms with Crippen molar-refractivity contribution in [2.24, 2.45) is 11.7 Å². The summed E-state index contributed by atoms with van der Waals surface area (Å²) in [6.45, 7) is 0. The summed E-state index contributed by atoms with van der Waals surface area (Å²) in [6.07, 6.45) is 5.35. The van der Waals surface area contributed by atoms with E-state index in [1.807, 2.05) is 12.2 Å². The summed E-state index contributed by atoms with van der Waals surface area (Å²) in [5.41, 5.74) is 5.62. The predicted octanol–water partition coefficient (Wildman–Crippen LogP) is 0.875. The molecule has 1 aliphatic carbocycles. The van der Waals surface area contributed by atoms with Gasteiger partial charge in [-0.05, 0) is 12.8 Å². The van der Waals surface area contributed by atoms with Crippen LogP contribution in [0, 0.1) is 5.92 Å². The number of ether oxygens (including phenoxy) is 1. The summed E-state index contributed by atoms with van der Waals surface area (Å²) in [5, 5.41) is 0. The molecule has 0 unspecified atom stereocenters. The standard InChI is InChI=1S/C8H13NO2.ClH/c1-11-8(10)6-3-2-4-7(9)5-6;/h2,4,6-7H,3,5,9H2,1H3;1H/t6-,7+;/m0./s1. The van der Waals surface area contributed by atoms with Crippen LogP contribution in [0.4, 0.5) is 0 Å². The molecule has 0 bridgehead atoms. The van der Waals surface area contributed by atoms with E-state index in [9.17, 15) is 4.79 Å². The summed E-state index contributed by atoms with van der Waals surface area (Å²) in [7, 11) is 1.41. The molecule has 2 N–H and O–H groups in total. The normalized spacial score (nSPS) is 27.5. The minimum absolute atomic E-state index is 0. The van der Waals surface area contributed by atoms with Gasteiger partial charge in [0.1, 0.15) is 0 Å². The Morgan fingerprint density at radius 3 is 2.83 bits per heavy atom. The van der Waals surface area contributed by atoms with Crippen molar-refractivity contribution in [3.63, 3.8) is 0 Å². The molecule has 70 valence electrons. The van der Waals surface area contributed by atoms with Gasteiger partial charge in [0.05, 0.1) is 13.0 Å². The molecule has 0 amide bonds. The predicted molar refractivity (Wildman–Crippen MR) is 49.1 cm³/mol. The van der Waals surface area contributed by atoms with Crippen LogP contribution >= 0.6 is 12.4 Å². The molecule has 4 heteroatoms. The van der Waals surface area contributed by atoms with Gasteiger partial charge in [0.2, 0.25) is 0 Å². The molecule has 0 spiro atoms. The number of carbonyl (C=O) groups excluding carboxylic acids is 1. The average Bonchev–Trinajstić information content (AvgIpc) is 2.03. The molecular weight excluding hydrogens is 178 g/mol. The number of hydrogen-bond donors (Lipinski definition) is 1. The van der Waals surface area contributed by atoms with Crippen LogP contribution in [0.2, 0.25) is 0 Å². The second-order valence-electron chi connectivity index (χ2n) is 2.78. The van der Waals surface area contributed by atoms with Gasteiger partial charge in [-0.25, -0.2) is 0 Å². The Hall–Kier alpha value is -0.540. The molecule has 0 aromatic rings. The number of nitrogens with two attached hydrogens (primary N) is 1. The number of allylic oxidation sites excluding steroid dienone is 1. The first-order valence-corrected chi connectivity index (χ1v) is 3.74. The smallest absolute Gasteiger partial charge is 0.309 e. The average molecular weight is 192 g/mol. The van der Waals surface area contributed by atoms with Crippen molar-refractivity contribution in [1.82, 2.24) is 0 Å². The zero-order valence-electron chi connectivity index (χ0n) is 7.03. The lowest BCUT2D eigenvalue weighted by molar-refractivity contribution is -0.145. The Morgan fingerprint density at radius 2 is 2.33 bits per heavy atom. The lowest BCUT2D eigenvalue weighted by Gasteiger charge is -2.19. The van der Waals surface area contributed by atoms with E-state index in [1.54, 1.807) is 0 Å². The van der Waals surface area contributed by atoms with Crippen molar-refractivity contribution >= 4 is 18.4 Å². The number of esters is 1. The monoisotopic (exact) mass is 191 g/mol. The Kier molecular flexibility index (Phi) is 4.93. The molecule has 3 nitrogen and oxygen atoms in total. The fraction of sp³-hybridized carbons (Fsp3) is 0.625. The van der Waals surface area contributed by atoms with Crippen LogP contribution in [0.1, 0.15) is 12.8 Å². The SMILES string of the molecule is COC(=O)[C@H]1CC=C[C@@H](N)C1.Cl. The summed E-state index contributed by atoms with van der Waals surface area (Å²) in [6, 6.07) is 0.0212. The number of methoxy groups -OCH3 is 1. The minimum atomic E-state index is -0.148. The third-order valence-corrected chi connectivity index (χ3v) is 1.90. The second kappa shape index (κ2) is 5.17. The van der Waals surface area contributed by atoms with Crippen LogP contribution in [0.15, 0.2) is 12.2 Å². The molecule has 0 aromatic heterocycles. The van der Waals surface area contributed by atoms with E-state index in [0.29, 0.717) is 6.42 Å². The van der Waals surface area contributed by atoms with E-state index < -0.39 is 0 Å². The molecule has 1 aliphatic rings. The molecule has 0 saturated heterocycles. The van der Waals surface area contributed by atoms with Crippen molar-refractivity contribution < 1.29 is 9.53 Å². The van der Waals surface area contributed by atoms with Gasteiger partial charge in [-0.15, -0.1) is 12.4 Å². The third kappa shape index (κ3) is 2.83. The van der Waals surface area contributed by atoms with Gasteiger partial charge < -0.3 is 10.5 Å². The first-order valence-electron chi connectivity index (χ1n) is 3.74. The highest BCUT2D eigenvalue weighted by Crippen LogP contribution is 2.18. The van der Waals surface area contributed by atoms with Gasteiger partial charge in [0.15, 0.2) is 0 Å². The Balaban J connectivity index is 0.00000121. The molecule has 1 rings (SSSR count). The molecule has 2 atom stereocenters. The Labute approximate surface area is 78.4 Å². The number of halogens is 1. The molecule has 0 fully saturated rings. The molecule has 0 saturated carbocycles. The van der Waals surface area contributed by atoms with E-state index in [0.717, 1.165) is 6.42 Å². The van der Waals surface area contributed by atoms with Crippen LogP contribution in [0.5, 0.6) is 0 Å². The highest BCUT2D eigenvalue weighted by molar-refractivity contribution is 5.85. The van der Waals surface area contributed by atoms with Crippen molar-refractivity contribution in [2.75, 3.05) is 7.11 Å². The minimum Gasteiger partial charge on any atom is -0.469 e. The van der Waals surface area contributed by atoms with Crippen molar-refractivity contribution in [1.29, 1.82) is 0 Å². The summed E-state index contributed by atoms with van der Waals surface area (Å²) in [5.74, 6) is -0.176. The Bertz CT molecular complexity index is 182. The first kappa shape index (κ1) is 11.5. The fourth-order valence-corrected chi connectivity index (χ4v) is 1.28. The molecule has 0 radical (unpaired) electrons. The number of hydrogen-bond acceptors (Lipinski definition) is 3. The van der Waals surface area contributed by atoms with Crippen LogP contribution in [0.25, 0.3) is 0 Å². The van der Waals surface area contributed by atoms with E-state index in [-0.39, 0.29) is 30.3 Å². The highest BCUT2D eigenvalue weighted by Gasteiger charge is 2.22. The van der Waals surface area contributed by atoms with E-state index in [4.69, 9.17) is 5.73 Å². The summed E-state index contributed by atoms with van der Waals surface area (Å²) in [4.78, 5) is 11.0. The van der Waals surface area contributed by atoms with E-state index in [1.165, 1.54) is 7.11 Å². The molecular formula is C8H14ClNO2. The molecule has 0 heterocycles. The lowest BCUT2D eigenvalue weighted by atomic mass is 9.92. The van der Waals surface area contributed by atoms with Crippen LogP contribution in [0.3, 0.4) is 0 Å². The van der Waals surface area contributed by atoms with Crippen molar-refractivity contribution in [3.8, 4) is 0 Å². The van der Waals surface area contributed by atoms with Crippen LogP contribution in [-0.4, -0.2) is 19.1 Å². The van der Waals surface area contributed by atoms with Gasteiger partial charge in [-0.3, -0.25) is 4.79 Å².